The van der Waals surface area contributed by atoms with Crippen LogP contribution in [-0.2, 0) is 19.1 Å². The van der Waals surface area contributed by atoms with E-state index in [2.05, 4.69) is 10.1 Å². The molecule has 1 atom stereocenters. The molecule has 1 saturated heterocycles. The lowest BCUT2D eigenvalue weighted by atomic mass is 10.1. The summed E-state index contributed by atoms with van der Waals surface area (Å²) < 4.78 is 4.45. The van der Waals surface area contributed by atoms with Crippen LogP contribution in [0.1, 0.15) is 12.0 Å². The van der Waals surface area contributed by atoms with Crippen molar-refractivity contribution in [1.29, 1.82) is 0 Å². The number of anilines is 1. The Morgan fingerprint density at radius 3 is 2.82 bits per heavy atom. The van der Waals surface area contributed by atoms with Gasteiger partial charge in [-0.25, -0.2) is 0 Å². The molecule has 0 saturated carbocycles. The van der Waals surface area contributed by atoms with Crippen molar-refractivity contribution in [3.8, 4) is 0 Å². The number of hydrogen-bond donors (Lipinski definition) is 1. The van der Waals surface area contributed by atoms with Crippen molar-refractivity contribution < 1.29 is 19.1 Å². The van der Waals surface area contributed by atoms with E-state index in [0.717, 1.165) is 5.56 Å². The second kappa shape index (κ2) is 6.79. The van der Waals surface area contributed by atoms with Gasteiger partial charge < -0.3 is 15.0 Å². The van der Waals surface area contributed by atoms with E-state index in [9.17, 15) is 14.4 Å². The number of amides is 2. The van der Waals surface area contributed by atoms with Gasteiger partial charge in [0.15, 0.2) is 0 Å². The molecule has 1 aliphatic heterocycles. The van der Waals surface area contributed by atoms with Gasteiger partial charge in [-0.05, 0) is 24.6 Å². The van der Waals surface area contributed by atoms with Gasteiger partial charge in [0.1, 0.15) is 6.54 Å². The fourth-order valence-corrected chi connectivity index (χ4v) is 2.43. The molecule has 1 aromatic carbocycles. The van der Waals surface area contributed by atoms with Crippen molar-refractivity contribution in [1.82, 2.24) is 5.32 Å². The van der Waals surface area contributed by atoms with E-state index >= 15 is 0 Å². The van der Waals surface area contributed by atoms with Gasteiger partial charge in [-0.15, -0.1) is 0 Å². The Morgan fingerprint density at radius 1 is 1.45 bits per heavy atom. The number of benzene rings is 1. The summed E-state index contributed by atoms with van der Waals surface area (Å²) in [5.41, 5.74) is 1.59. The zero-order valence-electron chi connectivity index (χ0n) is 12.4. The Balaban J connectivity index is 2.02. The zero-order chi connectivity index (χ0) is 16.3. The molecule has 2 rings (SSSR count). The molecule has 2 amide bonds. The first kappa shape index (κ1) is 16.3. The number of carbonyl (C=O) groups is 3. The number of methoxy groups -OCH3 is 1. The molecule has 118 valence electrons. The number of ether oxygens (including phenoxy) is 1. The van der Waals surface area contributed by atoms with Gasteiger partial charge in [-0.3, -0.25) is 14.4 Å². The first-order valence-corrected chi connectivity index (χ1v) is 7.21. The van der Waals surface area contributed by atoms with E-state index in [1.807, 2.05) is 13.0 Å². The number of nitrogens with one attached hydrogen (secondary N) is 1. The van der Waals surface area contributed by atoms with E-state index in [0.29, 0.717) is 10.7 Å². The van der Waals surface area contributed by atoms with Crippen LogP contribution in [0.5, 0.6) is 0 Å². The third-order valence-corrected chi connectivity index (χ3v) is 4.00. The average Bonchev–Trinajstić information content (AvgIpc) is 2.89. The molecule has 0 spiro atoms. The van der Waals surface area contributed by atoms with Crippen LogP contribution in [0.3, 0.4) is 0 Å². The van der Waals surface area contributed by atoms with Gasteiger partial charge in [-0.2, -0.15) is 0 Å². The Hall–Kier alpha value is -2.08. The average molecular weight is 325 g/mol. The number of hydrogen-bond acceptors (Lipinski definition) is 4. The van der Waals surface area contributed by atoms with E-state index in [4.69, 9.17) is 11.6 Å². The molecule has 0 radical (unpaired) electrons. The van der Waals surface area contributed by atoms with Gasteiger partial charge in [0.05, 0.1) is 13.0 Å². The molecule has 7 heteroatoms. The molecular weight excluding hydrogens is 308 g/mol. The standard InChI is InChI=1S/C15H17ClN2O4/c1-9-3-4-11(6-12(9)16)18-8-10(5-13(18)19)15(21)17-7-14(20)22-2/h3-4,6,10H,5,7-8H2,1-2H3,(H,17,21)/t10-/m0/s1. The van der Waals surface area contributed by atoms with Crippen molar-refractivity contribution in [2.45, 2.75) is 13.3 Å². The number of carbonyl (C=O) groups excluding carboxylic acids is 3. The molecule has 1 N–H and O–H groups in total. The Bertz CT molecular complexity index is 618. The summed E-state index contributed by atoms with van der Waals surface area (Å²) in [7, 11) is 1.25. The van der Waals surface area contributed by atoms with E-state index < -0.39 is 11.9 Å². The molecule has 22 heavy (non-hydrogen) atoms. The molecule has 1 fully saturated rings. The molecule has 1 aliphatic rings. The highest BCUT2D eigenvalue weighted by Gasteiger charge is 2.35. The van der Waals surface area contributed by atoms with Crippen LogP contribution < -0.4 is 10.2 Å². The van der Waals surface area contributed by atoms with Gasteiger partial charge in [0.25, 0.3) is 0 Å². The zero-order valence-corrected chi connectivity index (χ0v) is 13.1. The van der Waals surface area contributed by atoms with Crippen LogP contribution in [0.25, 0.3) is 0 Å². The highest BCUT2D eigenvalue weighted by atomic mass is 35.5. The minimum absolute atomic E-state index is 0.110. The third-order valence-electron chi connectivity index (χ3n) is 3.60. The maximum Gasteiger partial charge on any atom is 0.325 e. The number of esters is 1. The maximum atomic E-state index is 12.1. The van der Waals surface area contributed by atoms with Crippen molar-refractivity contribution >= 4 is 35.1 Å². The Kier molecular flexibility index (Phi) is 5.03. The first-order chi connectivity index (χ1) is 10.4. The van der Waals surface area contributed by atoms with Crippen molar-refractivity contribution in [2.24, 2.45) is 5.92 Å². The van der Waals surface area contributed by atoms with Crippen LogP contribution in [-0.4, -0.2) is 38.0 Å². The normalized spacial score (nSPS) is 17.5. The van der Waals surface area contributed by atoms with E-state index in [1.165, 1.54) is 12.0 Å². The molecule has 1 aromatic rings. The monoisotopic (exact) mass is 324 g/mol. The van der Waals surface area contributed by atoms with E-state index in [-0.39, 0.29) is 31.3 Å². The number of aryl methyl sites for hydroxylation is 1. The van der Waals surface area contributed by atoms with Gasteiger partial charge >= 0.3 is 5.97 Å². The van der Waals surface area contributed by atoms with Crippen molar-refractivity contribution in [3.05, 3.63) is 28.8 Å². The third kappa shape index (κ3) is 3.57. The summed E-state index contributed by atoms with van der Waals surface area (Å²) in [6.45, 7) is 1.95. The quantitative estimate of drug-likeness (QED) is 0.847. The minimum atomic E-state index is -0.528. The first-order valence-electron chi connectivity index (χ1n) is 6.83. The number of halogens is 1. The predicted octanol–water partition coefficient (Wildman–Crippen LogP) is 1.29. The Labute approximate surface area is 133 Å². The molecule has 0 unspecified atom stereocenters. The summed E-state index contributed by atoms with van der Waals surface area (Å²) in [4.78, 5) is 36.6. The fraction of sp³-hybridized carbons (Fsp3) is 0.400. The van der Waals surface area contributed by atoms with Crippen LogP contribution in [0, 0.1) is 12.8 Å². The SMILES string of the molecule is COC(=O)CNC(=O)[C@H]1CC(=O)N(c2ccc(C)c(Cl)c2)C1. The van der Waals surface area contributed by atoms with Crippen molar-refractivity contribution in [2.75, 3.05) is 25.1 Å². The highest BCUT2D eigenvalue weighted by molar-refractivity contribution is 6.31. The van der Waals surface area contributed by atoms with Crippen molar-refractivity contribution in [3.63, 3.8) is 0 Å². The largest absolute Gasteiger partial charge is 0.468 e. The summed E-state index contributed by atoms with van der Waals surface area (Å²) >= 11 is 6.07. The van der Waals surface area contributed by atoms with Crippen LogP contribution in [0.2, 0.25) is 5.02 Å². The summed E-state index contributed by atoms with van der Waals surface area (Å²) in [6.07, 6.45) is 0.110. The predicted molar refractivity (Wildman–Crippen MR) is 81.7 cm³/mol. The molecule has 0 aromatic heterocycles. The Morgan fingerprint density at radius 2 is 2.18 bits per heavy atom. The lowest BCUT2D eigenvalue weighted by Gasteiger charge is -2.17. The van der Waals surface area contributed by atoms with Gasteiger partial charge in [0, 0.05) is 23.7 Å². The number of nitrogens with zero attached hydrogens (tertiary/aromatic N) is 1. The smallest absolute Gasteiger partial charge is 0.325 e. The summed E-state index contributed by atoms with van der Waals surface area (Å²) in [5.74, 6) is -1.49. The maximum absolute atomic E-state index is 12.1. The summed E-state index contributed by atoms with van der Waals surface area (Å²) in [6, 6.07) is 5.34. The molecular formula is C15H17ClN2O4. The van der Waals surface area contributed by atoms with Gasteiger partial charge in [-0.1, -0.05) is 17.7 Å². The molecule has 6 nitrogen and oxygen atoms in total. The van der Waals surface area contributed by atoms with Gasteiger partial charge in [0.2, 0.25) is 11.8 Å². The fourth-order valence-electron chi connectivity index (χ4n) is 2.26. The van der Waals surface area contributed by atoms with Crippen LogP contribution >= 0.6 is 11.6 Å². The minimum Gasteiger partial charge on any atom is -0.468 e. The number of rotatable bonds is 4. The molecule has 0 bridgehead atoms. The lowest BCUT2D eigenvalue weighted by molar-refractivity contribution is -0.141. The topological polar surface area (TPSA) is 75.7 Å². The lowest BCUT2D eigenvalue weighted by Crippen LogP contribution is -2.36. The highest BCUT2D eigenvalue weighted by Crippen LogP contribution is 2.28. The van der Waals surface area contributed by atoms with Crippen LogP contribution in [0.15, 0.2) is 18.2 Å². The second-order valence-electron chi connectivity index (χ2n) is 5.13. The van der Waals surface area contributed by atoms with E-state index in [1.54, 1.807) is 12.1 Å². The molecule has 0 aliphatic carbocycles. The molecule has 1 heterocycles. The summed E-state index contributed by atoms with van der Waals surface area (Å²) in [5, 5.41) is 3.04. The van der Waals surface area contributed by atoms with Crippen LogP contribution in [0.4, 0.5) is 5.69 Å². The second-order valence-corrected chi connectivity index (χ2v) is 5.54.